The molecular formula is C11H18N6O. The number of H-pyrrole nitrogens is 1. The number of rotatable bonds is 6. The molecule has 2 heterocycles. The summed E-state index contributed by atoms with van der Waals surface area (Å²) in [6, 6.07) is 0. The van der Waals surface area contributed by atoms with Crippen LogP contribution >= 0.6 is 0 Å². The molecule has 0 amide bonds. The molecule has 0 atom stereocenters. The molecule has 2 rings (SSSR count). The molecule has 0 aliphatic rings. The van der Waals surface area contributed by atoms with Crippen molar-refractivity contribution in [1.29, 1.82) is 0 Å². The lowest BCUT2D eigenvalue weighted by molar-refractivity contribution is 0.219. The van der Waals surface area contributed by atoms with Crippen LogP contribution in [-0.2, 0) is 0 Å². The largest absolute Gasteiger partial charge is 0.475 e. The molecule has 0 fully saturated rings. The summed E-state index contributed by atoms with van der Waals surface area (Å²) in [5, 5.41) is 0. The minimum absolute atomic E-state index is 0.174. The summed E-state index contributed by atoms with van der Waals surface area (Å²) >= 11 is 0. The first-order chi connectivity index (χ1) is 8.74. The second kappa shape index (κ2) is 5.63. The molecule has 0 aromatic carbocycles. The number of nitrogens with one attached hydrogen (secondary N) is 1. The van der Waals surface area contributed by atoms with Gasteiger partial charge in [0.25, 0.3) is 0 Å². The summed E-state index contributed by atoms with van der Waals surface area (Å²) in [5.41, 5.74) is 6.81. The van der Waals surface area contributed by atoms with Crippen LogP contribution in [0, 0.1) is 0 Å². The lowest BCUT2D eigenvalue weighted by atomic mass is 10.5. The van der Waals surface area contributed by atoms with Crippen LogP contribution in [0.3, 0.4) is 0 Å². The van der Waals surface area contributed by atoms with Crippen molar-refractivity contribution in [3.8, 4) is 5.88 Å². The predicted octanol–water partition coefficient (Wildman–Crippen LogP) is 0.656. The lowest BCUT2D eigenvalue weighted by Crippen LogP contribution is -2.28. The van der Waals surface area contributed by atoms with E-state index in [2.05, 4.69) is 38.7 Å². The van der Waals surface area contributed by atoms with Gasteiger partial charge < -0.3 is 20.4 Å². The molecule has 0 saturated carbocycles. The van der Waals surface area contributed by atoms with Gasteiger partial charge in [0.15, 0.2) is 5.65 Å². The number of aromatic amines is 1. The molecule has 98 valence electrons. The zero-order valence-electron chi connectivity index (χ0n) is 10.7. The second-order valence-corrected chi connectivity index (χ2v) is 3.86. The van der Waals surface area contributed by atoms with Crippen molar-refractivity contribution in [2.75, 3.05) is 32.0 Å². The van der Waals surface area contributed by atoms with Gasteiger partial charge in [-0.25, -0.2) is 4.98 Å². The Balaban J connectivity index is 2.05. The molecule has 0 aliphatic heterocycles. The Morgan fingerprint density at radius 2 is 2.11 bits per heavy atom. The number of likely N-dealkylation sites (N-methyl/N-ethyl adjacent to an activating group) is 1. The number of imidazole rings is 1. The van der Waals surface area contributed by atoms with E-state index in [0.717, 1.165) is 19.6 Å². The third kappa shape index (κ3) is 2.67. The van der Waals surface area contributed by atoms with Gasteiger partial charge in [-0.3, -0.25) is 0 Å². The Labute approximate surface area is 105 Å². The zero-order valence-corrected chi connectivity index (χ0v) is 10.7. The Hall–Kier alpha value is -1.89. The van der Waals surface area contributed by atoms with E-state index in [9.17, 15) is 0 Å². The standard InChI is InChI=1S/C11H18N6O/c1-3-17(4-2)5-6-18-10-8-9(14-7-13-8)15-11(12)16-10/h7H,3-6H2,1-2H3,(H3,12,13,14,15,16). The molecule has 0 radical (unpaired) electrons. The van der Waals surface area contributed by atoms with Gasteiger partial charge in [-0.1, -0.05) is 13.8 Å². The molecule has 2 aromatic rings. The number of fused-ring (bicyclic) bond motifs is 1. The second-order valence-electron chi connectivity index (χ2n) is 3.86. The fourth-order valence-electron chi connectivity index (χ4n) is 1.74. The summed E-state index contributed by atoms with van der Waals surface area (Å²) in [6.45, 7) is 7.67. The zero-order chi connectivity index (χ0) is 13.0. The quantitative estimate of drug-likeness (QED) is 0.782. The van der Waals surface area contributed by atoms with E-state index in [-0.39, 0.29) is 5.95 Å². The van der Waals surface area contributed by atoms with Gasteiger partial charge in [0.1, 0.15) is 12.1 Å². The van der Waals surface area contributed by atoms with Crippen LogP contribution in [0.2, 0.25) is 0 Å². The fourth-order valence-corrected chi connectivity index (χ4v) is 1.74. The van der Waals surface area contributed by atoms with Gasteiger partial charge in [-0.2, -0.15) is 9.97 Å². The number of hydrogen-bond donors (Lipinski definition) is 2. The highest BCUT2D eigenvalue weighted by molar-refractivity contribution is 5.76. The van der Waals surface area contributed by atoms with Gasteiger partial charge in [0, 0.05) is 6.54 Å². The van der Waals surface area contributed by atoms with Gasteiger partial charge in [-0.15, -0.1) is 0 Å². The van der Waals surface area contributed by atoms with Crippen LogP contribution in [0.4, 0.5) is 5.95 Å². The maximum atomic E-state index is 5.65. The van der Waals surface area contributed by atoms with Gasteiger partial charge >= 0.3 is 0 Å². The summed E-state index contributed by atoms with van der Waals surface area (Å²) in [6.07, 6.45) is 1.55. The summed E-state index contributed by atoms with van der Waals surface area (Å²) in [7, 11) is 0. The van der Waals surface area contributed by atoms with E-state index >= 15 is 0 Å². The first-order valence-corrected chi connectivity index (χ1v) is 6.06. The molecule has 0 bridgehead atoms. The number of hydrogen-bond acceptors (Lipinski definition) is 6. The molecule has 7 heteroatoms. The van der Waals surface area contributed by atoms with Crippen molar-refractivity contribution in [3.63, 3.8) is 0 Å². The normalized spacial score (nSPS) is 11.3. The van der Waals surface area contributed by atoms with Crippen LogP contribution in [-0.4, -0.2) is 51.1 Å². The number of nitrogen functional groups attached to an aromatic ring is 1. The maximum Gasteiger partial charge on any atom is 0.245 e. The van der Waals surface area contributed by atoms with Crippen molar-refractivity contribution in [1.82, 2.24) is 24.8 Å². The molecule has 7 nitrogen and oxygen atoms in total. The van der Waals surface area contributed by atoms with E-state index in [0.29, 0.717) is 23.7 Å². The molecule has 3 N–H and O–H groups in total. The van der Waals surface area contributed by atoms with E-state index < -0.39 is 0 Å². The minimum Gasteiger partial charge on any atom is -0.475 e. The van der Waals surface area contributed by atoms with Crippen molar-refractivity contribution in [2.24, 2.45) is 0 Å². The van der Waals surface area contributed by atoms with Crippen molar-refractivity contribution >= 4 is 17.1 Å². The van der Waals surface area contributed by atoms with E-state index in [1.807, 2.05) is 0 Å². The van der Waals surface area contributed by atoms with Crippen LogP contribution in [0.1, 0.15) is 13.8 Å². The van der Waals surface area contributed by atoms with Gasteiger partial charge in [0.2, 0.25) is 11.8 Å². The first-order valence-electron chi connectivity index (χ1n) is 6.06. The summed E-state index contributed by atoms with van der Waals surface area (Å²) in [4.78, 5) is 17.3. The van der Waals surface area contributed by atoms with Crippen LogP contribution < -0.4 is 10.5 Å². The van der Waals surface area contributed by atoms with Crippen LogP contribution in [0.5, 0.6) is 5.88 Å². The Kier molecular flexibility index (Phi) is 3.93. The van der Waals surface area contributed by atoms with E-state index in [4.69, 9.17) is 10.5 Å². The Morgan fingerprint density at radius 1 is 1.33 bits per heavy atom. The average Bonchev–Trinajstić information content (AvgIpc) is 2.82. The molecular weight excluding hydrogens is 232 g/mol. The smallest absolute Gasteiger partial charge is 0.245 e. The summed E-state index contributed by atoms with van der Waals surface area (Å²) < 4.78 is 5.65. The van der Waals surface area contributed by atoms with Gasteiger partial charge in [-0.05, 0) is 13.1 Å². The van der Waals surface area contributed by atoms with Crippen molar-refractivity contribution in [3.05, 3.63) is 6.33 Å². The highest BCUT2D eigenvalue weighted by atomic mass is 16.5. The third-order valence-corrected chi connectivity index (χ3v) is 2.81. The number of aromatic nitrogens is 4. The fraction of sp³-hybridized carbons (Fsp3) is 0.545. The number of nitrogens with zero attached hydrogens (tertiary/aromatic N) is 4. The topological polar surface area (TPSA) is 92.9 Å². The highest BCUT2D eigenvalue weighted by Crippen LogP contribution is 2.19. The molecule has 0 spiro atoms. The average molecular weight is 250 g/mol. The molecule has 2 aromatic heterocycles. The SMILES string of the molecule is CCN(CC)CCOc1nc(N)nc2nc[nH]c12. The van der Waals surface area contributed by atoms with E-state index in [1.165, 1.54) is 0 Å². The highest BCUT2D eigenvalue weighted by Gasteiger charge is 2.09. The minimum atomic E-state index is 0.174. The first kappa shape index (κ1) is 12.6. The van der Waals surface area contributed by atoms with Crippen molar-refractivity contribution < 1.29 is 4.74 Å². The monoisotopic (exact) mass is 250 g/mol. The summed E-state index contributed by atoms with van der Waals surface area (Å²) in [5.74, 6) is 0.634. The third-order valence-electron chi connectivity index (χ3n) is 2.81. The molecule has 0 unspecified atom stereocenters. The van der Waals surface area contributed by atoms with Crippen LogP contribution in [0.25, 0.3) is 11.2 Å². The molecule has 0 aliphatic carbocycles. The number of nitrogens with two attached hydrogens (primary N) is 1. The predicted molar refractivity (Wildman–Crippen MR) is 69.4 cm³/mol. The molecule has 18 heavy (non-hydrogen) atoms. The molecule has 0 saturated heterocycles. The Bertz CT molecular complexity index is 507. The maximum absolute atomic E-state index is 5.65. The number of ether oxygens (including phenoxy) is 1. The van der Waals surface area contributed by atoms with E-state index in [1.54, 1.807) is 6.33 Å². The Morgan fingerprint density at radius 3 is 2.83 bits per heavy atom. The van der Waals surface area contributed by atoms with Crippen molar-refractivity contribution in [2.45, 2.75) is 13.8 Å². The number of anilines is 1. The lowest BCUT2D eigenvalue weighted by Gasteiger charge is -2.17. The van der Waals surface area contributed by atoms with Crippen LogP contribution in [0.15, 0.2) is 6.33 Å². The van der Waals surface area contributed by atoms with Gasteiger partial charge in [0.05, 0.1) is 6.33 Å².